The van der Waals surface area contributed by atoms with Crippen LogP contribution in [0.2, 0.25) is 0 Å². The first kappa shape index (κ1) is 31.2. The van der Waals surface area contributed by atoms with Crippen LogP contribution in [0.1, 0.15) is 55.2 Å². The normalized spacial score (nSPS) is 14.4. The summed E-state index contributed by atoms with van der Waals surface area (Å²) in [5.41, 5.74) is 2.83. The maximum Gasteiger partial charge on any atom is 0.243 e. The number of anilines is 1. The van der Waals surface area contributed by atoms with Gasteiger partial charge in [0.15, 0.2) is 0 Å². The summed E-state index contributed by atoms with van der Waals surface area (Å²) in [4.78, 5) is 29.4. The number of para-hydroxylation sites is 1. The molecule has 1 aliphatic carbocycles. The van der Waals surface area contributed by atoms with Crippen molar-refractivity contribution < 1.29 is 22.4 Å². The van der Waals surface area contributed by atoms with Crippen molar-refractivity contribution in [3.63, 3.8) is 0 Å². The summed E-state index contributed by atoms with van der Waals surface area (Å²) in [5.74, 6) is -1.10. The molecule has 1 aliphatic rings. The van der Waals surface area contributed by atoms with Gasteiger partial charge >= 0.3 is 0 Å². The van der Waals surface area contributed by atoms with Gasteiger partial charge in [-0.2, -0.15) is 0 Å². The molecule has 0 unspecified atom stereocenters. The quantitative estimate of drug-likeness (QED) is 0.288. The lowest BCUT2D eigenvalue weighted by Crippen LogP contribution is -2.52. The van der Waals surface area contributed by atoms with Crippen molar-refractivity contribution in [3.05, 3.63) is 101 Å². The number of halogens is 1. The highest BCUT2D eigenvalue weighted by Gasteiger charge is 2.32. The predicted octanol–water partition coefficient (Wildman–Crippen LogP) is 5.38. The molecule has 0 bridgehead atoms. The summed E-state index contributed by atoms with van der Waals surface area (Å²) in [5, 5.41) is 3.19. The summed E-state index contributed by atoms with van der Waals surface area (Å²) in [6.07, 6.45) is 5.51. The topological polar surface area (TPSA) is 86.8 Å². The zero-order chi connectivity index (χ0) is 30.1. The van der Waals surface area contributed by atoms with Crippen LogP contribution in [-0.4, -0.2) is 50.0 Å². The van der Waals surface area contributed by atoms with Crippen LogP contribution in [0.3, 0.4) is 0 Å². The fourth-order valence-corrected chi connectivity index (χ4v) is 6.53. The first-order chi connectivity index (χ1) is 20.1. The van der Waals surface area contributed by atoms with Crippen molar-refractivity contribution >= 4 is 27.5 Å². The summed E-state index contributed by atoms with van der Waals surface area (Å²) in [6, 6.07) is 22.5. The molecule has 4 rings (SSSR count). The number of amides is 2. The Bertz CT molecular complexity index is 1460. The van der Waals surface area contributed by atoms with Crippen LogP contribution in [0, 0.1) is 12.7 Å². The van der Waals surface area contributed by atoms with Crippen molar-refractivity contribution in [1.29, 1.82) is 0 Å². The minimum absolute atomic E-state index is 0.00567. The van der Waals surface area contributed by atoms with E-state index >= 15 is 0 Å². The van der Waals surface area contributed by atoms with Gasteiger partial charge in [-0.05, 0) is 49.4 Å². The van der Waals surface area contributed by atoms with Crippen molar-refractivity contribution in [3.8, 4) is 0 Å². The lowest BCUT2D eigenvalue weighted by atomic mass is 10.0. The highest BCUT2D eigenvalue weighted by Crippen LogP contribution is 2.24. The second kappa shape index (κ2) is 14.4. The number of aryl methyl sites for hydroxylation is 1. The van der Waals surface area contributed by atoms with Crippen LogP contribution in [0.5, 0.6) is 0 Å². The average molecular weight is 594 g/mol. The van der Waals surface area contributed by atoms with E-state index in [0.717, 1.165) is 52.9 Å². The van der Waals surface area contributed by atoms with Crippen LogP contribution < -0.4 is 9.62 Å². The number of carbonyl (C=O) groups excluding carboxylic acids is 2. The Morgan fingerprint density at radius 2 is 1.62 bits per heavy atom. The number of sulfonamides is 1. The zero-order valence-electron chi connectivity index (χ0n) is 24.3. The van der Waals surface area contributed by atoms with Crippen LogP contribution in [0.25, 0.3) is 0 Å². The first-order valence-corrected chi connectivity index (χ1v) is 16.4. The Kier molecular flexibility index (Phi) is 10.7. The van der Waals surface area contributed by atoms with Gasteiger partial charge in [0.1, 0.15) is 11.9 Å². The zero-order valence-corrected chi connectivity index (χ0v) is 25.2. The van der Waals surface area contributed by atoms with Gasteiger partial charge in [0, 0.05) is 32.0 Å². The van der Waals surface area contributed by atoms with E-state index in [1.165, 1.54) is 18.2 Å². The molecule has 1 fully saturated rings. The van der Waals surface area contributed by atoms with Gasteiger partial charge in [-0.1, -0.05) is 85.1 Å². The highest BCUT2D eigenvalue weighted by atomic mass is 32.2. The number of nitrogens with zero attached hydrogens (tertiary/aromatic N) is 2. The van der Waals surface area contributed by atoms with Gasteiger partial charge in [0.25, 0.3) is 0 Å². The molecule has 0 aromatic heterocycles. The molecule has 0 radical (unpaired) electrons. The molecule has 1 atom stereocenters. The molecule has 1 N–H and O–H groups in total. The van der Waals surface area contributed by atoms with Crippen molar-refractivity contribution in [1.82, 2.24) is 10.2 Å². The molecule has 3 aromatic rings. The van der Waals surface area contributed by atoms with Gasteiger partial charge in [-0.15, -0.1) is 0 Å². The number of hydrogen-bond donors (Lipinski definition) is 1. The van der Waals surface area contributed by atoms with E-state index in [1.807, 2.05) is 61.5 Å². The number of benzene rings is 3. The van der Waals surface area contributed by atoms with E-state index in [4.69, 9.17) is 0 Å². The number of carbonyl (C=O) groups is 2. The minimum atomic E-state index is -3.79. The van der Waals surface area contributed by atoms with Gasteiger partial charge < -0.3 is 10.2 Å². The van der Waals surface area contributed by atoms with Crippen LogP contribution in [0.15, 0.2) is 78.9 Å². The average Bonchev–Trinajstić information content (AvgIpc) is 3.46. The first-order valence-electron chi connectivity index (χ1n) is 14.5. The second-order valence-electron chi connectivity index (χ2n) is 11.1. The molecule has 7 nitrogen and oxygen atoms in total. The van der Waals surface area contributed by atoms with E-state index in [-0.39, 0.29) is 49.5 Å². The highest BCUT2D eigenvalue weighted by molar-refractivity contribution is 7.92. The van der Waals surface area contributed by atoms with Crippen molar-refractivity contribution in [2.45, 2.75) is 70.5 Å². The molecule has 9 heteroatoms. The van der Waals surface area contributed by atoms with Crippen LogP contribution in [-0.2, 0) is 32.6 Å². The lowest BCUT2D eigenvalue weighted by Gasteiger charge is -2.33. The Balaban J connectivity index is 1.59. The molecular weight excluding hydrogens is 553 g/mol. The molecule has 0 spiro atoms. The number of rotatable bonds is 13. The predicted molar refractivity (Wildman–Crippen MR) is 164 cm³/mol. The maximum atomic E-state index is 14.5. The Labute approximate surface area is 248 Å². The summed E-state index contributed by atoms with van der Waals surface area (Å²) >= 11 is 0. The van der Waals surface area contributed by atoms with Crippen molar-refractivity contribution in [2.75, 3.05) is 17.1 Å². The monoisotopic (exact) mass is 593 g/mol. The number of hydrogen-bond acceptors (Lipinski definition) is 4. The van der Waals surface area contributed by atoms with Crippen molar-refractivity contribution in [2.24, 2.45) is 0 Å². The van der Waals surface area contributed by atoms with E-state index in [1.54, 1.807) is 11.0 Å². The third-order valence-corrected chi connectivity index (χ3v) is 8.86. The van der Waals surface area contributed by atoms with Gasteiger partial charge in [-0.3, -0.25) is 13.9 Å². The molecule has 224 valence electrons. The fourth-order valence-electron chi connectivity index (χ4n) is 5.57. The summed E-state index contributed by atoms with van der Waals surface area (Å²) in [6.45, 7) is 2.15. The fraction of sp³-hybridized carbons (Fsp3) is 0.394. The van der Waals surface area contributed by atoms with E-state index < -0.39 is 21.9 Å². The Morgan fingerprint density at radius 1 is 0.952 bits per heavy atom. The summed E-state index contributed by atoms with van der Waals surface area (Å²) < 4.78 is 40.6. The Morgan fingerprint density at radius 3 is 2.29 bits per heavy atom. The standard InChI is InChI=1S/C33H40FN3O4S/c1-25-12-10-15-27(22-25)24-36(31(23-26-13-4-3-5-14-26)33(39)35-28-16-6-7-17-28)32(38)20-11-21-37(42(2,40)41)30-19-9-8-18-29(30)34/h3-5,8-10,12-15,18-19,22,28,31H,6-7,11,16-17,20-21,23-24H2,1-2H3,(H,35,39)/t31-/m1/s1. The molecule has 42 heavy (non-hydrogen) atoms. The molecule has 2 amide bonds. The molecule has 0 heterocycles. The number of nitrogens with one attached hydrogen (secondary N) is 1. The SMILES string of the molecule is Cc1cccc(CN(C(=O)CCCN(c2ccccc2F)S(C)(=O)=O)[C@H](Cc2ccccc2)C(=O)NC2CCCC2)c1. The minimum Gasteiger partial charge on any atom is -0.352 e. The van der Waals surface area contributed by atoms with E-state index in [2.05, 4.69) is 5.32 Å². The van der Waals surface area contributed by atoms with Gasteiger partial charge in [-0.25, -0.2) is 12.8 Å². The molecule has 0 aliphatic heterocycles. The van der Waals surface area contributed by atoms with E-state index in [0.29, 0.717) is 6.42 Å². The van der Waals surface area contributed by atoms with E-state index in [9.17, 15) is 22.4 Å². The maximum absolute atomic E-state index is 14.5. The smallest absolute Gasteiger partial charge is 0.243 e. The third kappa shape index (κ3) is 8.64. The molecule has 1 saturated carbocycles. The summed E-state index contributed by atoms with van der Waals surface area (Å²) in [7, 11) is -3.79. The molecule has 0 saturated heterocycles. The Hall–Kier alpha value is -3.72. The molecule has 3 aromatic carbocycles. The lowest BCUT2D eigenvalue weighted by molar-refractivity contribution is -0.141. The largest absolute Gasteiger partial charge is 0.352 e. The van der Waals surface area contributed by atoms with Crippen LogP contribution in [0.4, 0.5) is 10.1 Å². The van der Waals surface area contributed by atoms with Gasteiger partial charge in [0.2, 0.25) is 21.8 Å². The third-order valence-electron chi connectivity index (χ3n) is 7.68. The molecular formula is C33H40FN3O4S. The second-order valence-corrected chi connectivity index (χ2v) is 13.0. The van der Waals surface area contributed by atoms with Crippen LogP contribution >= 0.6 is 0 Å². The van der Waals surface area contributed by atoms with Gasteiger partial charge in [0.05, 0.1) is 11.9 Å².